The van der Waals surface area contributed by atoms with Crippen LogP contribution >= 0.6 is 24.0 Å². The van der Waals surface area contributed by atoms with Crippen molar-refractivity contribution >= 4 is 36.0 Å². The molecule has 0 bridgehead atoms. The molecule has 3 aliphatic heterocycles. The van der Waals surface area contributed by atoms with Crippen LogP contribution in [0.4, 0.5) is 4.79 Å². The summed E-state index contributed by atoms with van der Waals surface area (Å²) >= 11 is 0. The molecule has 2 saturated heterocycles. The molecule has 2 unspecified atom stereocenters. The lowest BCUT2D eigenvalue weighted by Crippen LogP contribution is -2.57. The number of carbonyl (C=O) groups is 1. The van der Waals surface area contributed by atoms with E-state index in [1.165, 1.54) is 0 Å². The van der Waals surface area contributed by atoms with Gasteiger partial charge in [-0.3, -0.25) is 4.99 Å². The predicted octanol–water partition coefficient (Wildman–Crippen LogP) is 2.07. The maximum Gasteiger partial charge on any atom is 0.410 e. The van der Waals surface area contributed by atoms with Crippen LogP contribution in [0.15, 0.2) is 4.99 Å². The van der Waals surface area contributed by atoms with Crippen molar-refractivity contribution in [1.29, 1.82) is 0 Å². The number of amides is 1. The van der Waals surface area contributed by atoms with Crippen molar-refractivity contribution in [1.82, 2.24) is 15.1 Å². The van der Waals surface area contributed by atoms with Crippen LogP contribution in [-0.2, 0) is 14.2 Å². The second-order valence-electron chi connectivity index (χ2n) is 8.43. The molecule has 28 heavy (non-hydrogen) atoms. The molecule has 9 heteroatoms. The van der Waals surface area contributed by atoms with E-state index in [4.69, 9.17) is 14.2 Å². The Morgan fingerprint density at radius 2 is 2.18 bits per heavy atom. The van der Waals surface area contributed by atoms with Crippen molar-refractivity contribution in [2.75, 3.05) is 52.5 Å². The molecule has 3 rings (SSSR count). The van der Waals surface area contributed by atoms with Gasteiger partial charge in [0, 0.05) is 39.4 Å². The lowest BCUT2D eigenvalue weighted by molar-refractivity contribution is 0.0136. The monoisotopic (exact) mass is 510 g/mol. The highest BCUT2D eigenvalue weighted by Gasteiger charge is 2.36. The van der Waals surface area contributed by atoms with Crippen LogP contribution in [0.5, 0.6) is 0 Å². The second-order valence-corrected chi connectivity index (χ2v) is 8.43. The van der Waals surface area contributed by atoms with Crippen LogP contribution in [0.1, 0.15) is 40.0 Å². The number of guanidine groups is 1. The number of carbonyl (C=O) groups excluding carboxylic acids is 1. The zero-order valence-electron chi connectivity index (χ0n) is 17.3. The van der Waals surface area contributed by atoms with Gasteiger partial charge in [0.05, 0.1) is 25.3 Å². The van der Waals surface area contributed by atoms with E-state index < -0.39 is 5.60 Å². The third-order valence-corrected chi connectivity index (χ3v) is 4.93. The van der Waals surface area contributed by atoms with Gasteiger partial charge in [-0.2, -0.15) is 0 Å². The molecule has 0 aromatic carbocycles. The second kappa shape index (κ2) is 10.8. The molecule has 2 atom stereocenters. The number of fused-ring (bicyclic) bond motifs is 1. The van der Waals surface area contributed by atoms with Crippen LogP contribution in [0.3, 0.4) is 0 Å². The van der Waals surface area contributed by atoms with Crippen molar-refractivity contribution in [3.05, 3.63) is 0 Å². The highest BCUT2D eigenvalue weighted by molar-refractivity contribution is 14.0. The molecule has 1 N–H and O–H groups in total. The molecule has 162 valence electrons. The van der Waals surface area contributed by atoms with Gasteiger partial charge in [-0.1, -0.05) is 0 Å². The summed E-state index contributed by atoms with van der Waals surface area (Å²) in [5, 5.41) is 3.42. The Hall–Kier alpha value is -0.810. The predicted molar refractivity (Wildman–Crippen MR) is 118 cm³/mol. The van der Waals surface area contributed by atoms with Crippen LogP contribution < -0.4 is 5.32 Å². The molecule has 3 heterocycles. The molecule has 1 amide bonds. The van der Waals surface area contributed by atoms with E-state index in [-0.39, 0.29) is 36.1 Å². The molecule has 0 saturated carbocycles. The first-order chi connectivity index (χ1) is 12.9. The normalized spacial score (nSPS) is 24.5. The van der Waals surface area contributed by atoms with Gasteiger partial charge in [0.1, 0.15) is 5.60 Å². The third-order valence-electron chi connectivity index (χ3n) is 4.93. The standard InChI is InChI=1S/C19H34N4O4.HI/c1-19(2,3)27-18(24)22-8-9-23-15(13-22)12-21-17(23)20-7-5-10-25-14-16-6-4-11-26-16;/h15-16H,4-14H2,1-3H3,(H,20,21);1H. The number of hydrogen-bond acceptors (Lipinski definition) is 7. The van der Waals surface area contributed by atoms with E-state index >= 15 is 0 Å². The molecule has 0 radical (unpaired) electrons. The maximum absolute atomic E-state index is 12.3. The maximum atomic E-state index is 12.3. The molecular weight excluding hydrogens is 475 g/mol. The molecule has 3 aliphatic rings. The van der Waals surface area contributed by atoms with Crippen molar-refractivity contribution in [3.8, 4) is 0 Å². The number of aliphatic imine (C=N–C) groups is 1. The zero-order chi connectivity index (χ0) is 19.3. The Morgan fingerprint density at radius 1 is 1.36 bits per heavy atom. The van der Waals surface area contributed by atoms with Gasteiger partial charge in [0.2, 0.25) is 0 Å². The molecule has 0 aliphatic carbocycles. The van der Waals surface area contributed by atoms with E-state index in [9.17, 15) is 4.79 Å². The Labute approximate surface area is 185 Å². The quantitative estimate of drug-likeness (QED) is 0.436. The minimum Gasteiger partial charge on any atom is -0.444 e. The minimum absolute atomic E-state index is 0. The smallest absolute Gasteiger partial charge is 0.410 e. The number of ether oxygens (including phenoxy) is 3. The van der Waals surface area contributed by atoms with Gasteiger partial charge in [-0.05, 0) is 40.0 Å². The number of nitrogens with zero attached hydrogens (tertiary/aromatic N) is 3. The van der Waals surface area contributed by atoms with Gasteiger partial charge in [-0.25, -0.2) is 4.79 Å². The van der Waals surface area contributed by atoms with Crippen molar-refractivity contribution in [2.45, 2.75) is 57.8 Å². The summed E-state index contributed by atoms with van der Waals surface area (Å²) < 4.78 is 16.7. The highest BCUT2D eigenvalue weighted by atomic mass is 127. The minimum atomic E-state index is -0.459. The number of hydrogen-bond donors (Lipinski definition) is 1. The van der Waals surface area contributed by atoms with Gasteiger partial charge in [0.15, 0.2) is 5.96 Å². The van der Waals surface area contributed by atoms with Crippen molar-refractivity contribution in [2.24, 2.45) is 4.99 Å². The molecular formula is C19H35IN4O4. The van der Waals surface area contributed by atoms with Crippen LogP contribution in [-0.4, -0.2) is 92.1 Å². The first kappa shape index (κ1) is 23.5. The van der Waals surface area contributed by atoms with E-state index in [1.54, 1.807) is 4.90 Å². The number of piperazine rings is 1. The Morgan fingerprint density at radius 3 is 2.89 bits per heavy atom. The fourth-order valence-corrected chi connectivity index (χ4v) is 3.59. The average molecular weight is 510 g/mol. The van der Waals surface area contributed by atoms with Crippen molar-refractivity contribution in [3.63, 3.8) is 0 Å². The van der Waals surface area contributed by atoms with Crippen LogP contribution in [0, 0.1) is 0 Å². The lowest BCUT2D eigenvalue weighted by Gasteiger charge is -2.39. The summed E-state index contributed by atoms with van der Waals surface area (Å²) in [7, 11) is 0. The number of halogens is 1. The highest BCUT2D eigenvalue weighted by Crippen LogP contribution is 2.18. The van der Waals surface area contributed by atoms with Crippen LogP contribution in [0.2, 0.25) is 0 Å². The van der Waals surface area contributed by atoms with E-state index in [0.717, 1.165) is 58.1 Å². The van der Waals surface area contributed by atoms with Crippen LogP contribution in [0.25, 0.3) is 0 Å². The first-order valence-electron chi connectivity index (χ1n) is 10.1. The molecule has 0 aromatic heterocycles. The van der Waals surface area contributed by atoms with Crippen molar-refractivity contribution < 1.29 is 19.0 Å². The number of rotatable bonds is 6. The molecule has 2 fully saturated rings. The van der Waals surface area contributed by atoms with E-state index in [1.807, 2.05) is 20.8 Å². The zero-order valence-corrected chi connectivity index (χ0v) is 19.6. The van der Waals surface area contributed by atoms with E-state index in [2.05, 4.69) is 15.2 Å². The lowest BCUT2D eigenvalue weighted by atomic mass is 10.2. The van der Waals surface area contributed by atoms with E-state index in [0.29, 0.717) is 25.8 Å². The van der Waals surface area contributed by atoms with Gasteiger partial charge in [-0.15, -0.1) is 24.0 Å². The summed E-state index contributed by atoms with van der Waals surface area (Å²) in [6.45, 7) is 11.7. The third kappa shape index (κ3) is 6.91. The summed E-state index contributed by atoms with van der Waals surface area (Å²) in [6.07, 6.45) is 3.27. The summed E-state index contributed by atoms with van der Waals surface area (Å²) in [6, 6.07) is 0.240. The average Bonchev–Trinajstić information content (AvgIpc) is 3.26. The van der Waals surface area contributed by atoms with Gasteiger partial charge >= 0.3 is 6.09 Å². The van der Waals surface area contributed by atoms with Gasteiger partial charge in [0.25, 0.3) is 0 Å². The van der Waals surface area contributed by atoms with Gasteiger partial charge < -0.3 is 29.3 Å². The summed E-state index contributed by atoms with van der Waals surface area (Å²) in [5.41, 5.74) is -0.459. The largest absolute Gasteiger partial charge is 0.444 e. The topological polar surface area (TPSA) is 75.6 Å². The molecule has 0 spiro atoms. The molecule has 8 nitrogen and oxygen atoms in total. The Bertz CT molecular complexity index is 535. The first-order valence-corrected chi connectivity index (χ1v) is 10.1. The Balaban J connectivity index is 0.00000280. The summed E-state index contributed by atoms with van der Waals surface area (Å²) in [4.78, 5) is 20.9. The summed E-state index contributed by atoms with van der Waals surface area (Å²) in [5.74, 6) is 0.947. The SMILES string of the molecule is CC(C)(C)OC(=O)N1CCN2C(NCCCOCC3CCCO3)=NCC2C1.I. The fraction of sp³-hybridized carbons (Fsp3) is 0.895. The number of nitrogens with one attached hydrogen (secondary N) is 1. The Kier molecular flexibility index (Phi) is 9.07. The fourth-order valence-electron chi connectivity index (χ4n) is 3.59. The molecule has 0 aromatic rings.